The van der Waals surface area contributed by atoms with E-state index >= 15 is 0 Å². The smallest absolute Gasteiger partial charge is 0.150 e. The molecule has 2 aromatic carbocycles. The van der Waals surface area contributed by atoms with Gasteiger partial charge in [0.15, 0.2) is 11.6 Å². The van der Waals surface area contributed by atoms with E-state index in [0.29, 0.717) is 9.50 Å². The summed E-state index contributed by atoms with van der Waals surface area (Å²) in [5.41, 5.74) is 0.156. The average Bonchev–Trinajstić information content (AvgIpc) is 2.34. The first-order valence-corrected chi connectivity index (χ1v) is 6.29. The van der Waals surface area contributed by atoms with Gasteiger partial charge in [-0.25, -0.2) is 8.78 Å². The predicted molar refractivity (Wildman–Crippen MR) is 73.5 cm³/mol. The molecule has 0 aliphatic rings. The van der Waals surface area contributed by atoms with Gasteiger partial charge in [-0.2, -0.15) is 5.26 Å². The minimum Gasteiger partial charge on any atom is -0.350 e. The number of hydrogen-bond acceptors (Lipinski definition) is 2. The van der Waals surface area contributed by atoms with Crippen LogP contribution in [-0.2, 0) is 0 Å². The van der Waals surface area contributed by atoms with E-state index in [9.17, 15) is 8.78 Å². The zero-order valence-electron chi connectivity index (χ0n) is 9.35. The van der Waals surface area contributed by atoms with Gasteiger partial charge >= 0.3 is 0 Å². The van der Waals surface area contributed by atoms with Crippen LogP contribution in [0.15, 0.2) is 34.8 Å². The van der Waals surface area contributed by atoms with Gasteiger partial charge in [-0.3, -0.25) is 0 Å². The normalized spacial score (nSPS) is 10.1. The average molecular weight is 344 g/mol. The summed E-state index contributed by atoms with van der Waals surface area (Å²) in [4.78, 5) is 0. The lowest BCUT2D eigenvalue weighted by Gasteiger charge is -2.11. The Balaban J connectivity index is 2.48. The van der Waals surface area contributed by atoms with Gasteiger partial charge in [-0.1, -0.05) is 27.5 Å². The third kappa shape index (κ3) is 3.03. The number of benzene rings is 2. The molecule has 2 nitrogen and oxygen atoms in total. The number of nitriles is 1. The number of anilines is 2. The molecule has 96 valence electrons. The highest BCUT2D eigenvalue weighted by Crippen LogP contribution is 2.29. The Bertz CT molecular complexity index is 660. The van der Waals surface area contributed by atoms with Gasteiger partial charge in [0.05, 0.1) is 11.3 Å². The molecule has 0 aliphatic carbocycles. The third-order valence-corrected chi connectivity index (χ3v) is 3.06. The van der Waals surface area contributed by atoms with Crippen molar-refractivity contribution in [2.75, 3.05) is 5.32 Å². The third-order valence-electron chi connectivity index (χ3n) is 2.37. The first-order chi connectivity index (χ1) is 9.01. The van der Waals surface area contributed by atoms with Gasteiger partial charge in [0, 0.05) is 9.50 Å². The van der Waals surface area contributed by atoms with Gasteiger partial charge < -0.3 is 5.32 Å². The van der Waals surface area contributed by atoms with Crippen LogP contribution in [0.2, 0.25) is 5.02 Å². The summed E-state index contributed by atoms with van der Waals surface area (Å²) < 4.78 is 27.7. The van der Waals surface area contributed by atoms with Crippen LogP contribution in [0.4, 0.5) is 20.2 Å². The maximum absolute atomic E-state index is 13.7. The van der Waals surface area contributed by atoms with Crippen molar-refractivity contribution in [2.45, 2.75) is 0 Å². The number of nitrogens with zero attached hydrogens (tertiary/aromatic N) is 1. The number of nitrogens with one attached hydrogen (secondary N) is 1. The molecule has 0 bridgehead atoms. The molecule has 19 heavy (non-hydrogen) atoms. The van der Waals surface area contributed by atoms with Crippen molar-refractivity contribution in [3.05, 3.63) is 57.0 Å². The van der Waals surface area contributed by atoms with E-state index in [1.165, 1.54) is 18.2 Å². The molecule has 0 amide bonds. The van der Waals surface area contributed by atoms with Crippen LogP contribution in [0, 0.1) is 23.0 Å². The number of rotatable bonds is 2. The van der Waals surface area contributed by atoms with E-state index in [-0.39, 0.29) is 16.9 Å². The molecule has 0 aliphatic heterocycles. The lowest BCUT2D eigenvalue weighted by atomic mass is 10.2. The minimum atomic E-state index is -0.768. The van der Waals surface area contributed by atoms with Gasteiger partial charge in [0.1, 0.15) is 11.8 Å². The molecular weight excluding hydrogens is 338 g/mol. The van der Waals surface area contributed by atoms with Crippen molar-refractivity contribution < 1.29 is 8.78 Å². The highest BCUT2D eigenvalue weighted by molar-refractivity contribution is 9.10. The first-order valence-electron chi connectivity index (χ1n) is 5.12. The molecule has 0 heterocycles. The van der Waals surface area contributed by atoms with E-state index in [2.05, 4.69) is 21.2 Å². The van der Waals surface area contributed by atoms with E-state index in [1.807, 2.05) is 6.07 Å². The monoisotopic (exact) mass is 342 g/mol. The molecule has 0 saturated heterocycles. The molecule has 0 spiro atoms. The summed E-state index contributed by atoms with van der Waals surface area (Å²) in [7, 11) is 0. The second-order valence-electron chi connectivity index (χ2n) is 3.67. The molecular formula is C13H6BrClF2N2. The van der Waals surface area contributed by atoms with Crippen LogP contribution >= 0.6 is 27.5 Å². The highest BCUT2D eigenvalue weighted by atomic mass is 79.9. The Morgan fingerprint density at radius 1 is 1.16 bits per heavy atom. The van der Waals surface area contributed by atoms with Crippen LogP contribution in [0.1, 0.15) is 5.56 Å². The molecule has 2 rings (SSSR count). The molecule has 0 fully saturated rings. The van der Waals surface area contributed by atoms with Crippen molar-refractivity contribution in [2.24, 2.45) is 0 Å². The SMILES string of the molecule is N#Cc1ccc(Cl)cc1Nc1c(F)cc(Br)cc1F. The van der Waals surface area contributed by atoms with Gasteiger partial charge in [0.25, 0.3) is 0 Å². The summed E-state index contributed by atoms with van der Waals surface area (Å²) >= 11 is 8.79. The fourth-order valence-corrected chi connectivity index (χ4v) is 2.09. The lowest BCUT2D eigenvalue weighted by Crippen LogP contribution is -1.99. The lowest BCUT2D eigenvalue weighted by molar-refractivity contribution is 0.589. The Hall–Kier alpha value is -1.64. The number of hydrogen-bond donors (Lipinski definition) is 1. The van der Waals surface area contributed by atoms with Gasteiger partial charge in [-0.15, -0.1) is 0 Å². The Morgan fingerprint density at radius 3 is 2.37 bits per heavy atom. The summed E-state index contributed by atoms with van der Waals surface area (Å²) in [6, 6.07) is 8.60. The summed E-state index contributed by atoms with van der Waals surface area (Å²) in [5, 5.41) is 11.9. The molecule has 0 atom stereocenters. The van der Waals surface area contributed by atoms with Crippen molar-refractivity contribution in [3.63, 3.8) is 0 Å². The molecule has 0 saturated carbocycles. The molecule has 0 aromatic heterocycles. The summed E-state index contributed by atoms with van der Waals surface area (Å²) in [6.07, 6.45) is 0. The topological polar surface area (TPSA) is 35.8 Å². The predicted octanol–water partition coefficient (Wildman–Crippen LogP) is 5.00. The molecule has 1 N–H and O–H groups in total. The van der Waals surface area contributed by atoms with Crippen molar-refractivity contribution in [1.82, 2.24) is 0 Å². The fraction of sp³-hybridized carbons (Fsp3) is 0. The molecule has 2 aromatic rings. The van der Waals surface area contributed by atoms with E-state index in [4.69, 9.17) is 16.9 Å². The van der Waals surface area contributed by atoms with E-state index in [1.54, 1.807) is 0 Å². The minimum absolute atomic E-state index is 0.242. The second kappa shape index (κ2) is 5.55. The maximum atomic E-state index is 13.7. The zero-order valence-corrected chi connectivity index (χ0v) is 11.7. The summed E-state index contributed by atoms with van der Waals surface area (Å²) in [6.45, 7) is 0. The van der Waals surface area contributed by atoms with Gasteiger partial charge in [0.2, 0.25) is 0 Å². The van der Waals surface area contributed by atoms with Crippen molar-refractivity contribution in [1.29, 1.82) is 5.26 Å². The highest BCUT2D eigenvalue weighted by Gasteiger charge is 2.12. The van der Waals surface area contributed by atoms with Gasteiger partial charge in [-0.05, 0) is 30.3 Å². The van der Waals surface area contributed by atoms with Crippen molar-refractivity contribution >= 4 is 38.9 Å². The second-order valence-corrected chi connectivity index (χ2v) is 5.02. The van der Waals surface area contributed by atoms with Crippen LogP contribution in [0.25, 0.3) is 0 Å². The van der Waals surface area contributed by atoms with Crippen LogP contribution < -0.4 is 5.32 Å². The first kappa shape index (κ1) is 13.8. The molecule has 6 heteroatoms. The standard InChI is InChI=1S/C13H6BrClF2N2/c14-8-3-10(16)13(11(17)4-8)19-12-5-9(15)2-1-7(12)6-18/h1-5,19H. The maximum Gasteiger partial charge on any atom is 0.150 e. The zero-order chi connectivity index (χ0) is 14.0. The van der Waals surface area contributed by atoms with E-state index in [0.717, 1.165) is 12.1 Å². The van der Waals surface area contributed by atoms with Crippen LogP contribution in [0.5, 0.6) is 0 Å². The molecule has 0 unspecified atom stereocenters. The van der Waals surface area contributed by atoms with E-state index < -0.39 is 11.6 Å². The largest absolute Gasteiger partial charge is 0.350 e. The Labute approximate surface area is 121 Å². The van der Waals surface area contributed by atoms with Crippen molar-refractivity contribution in [3.8, 4) is 6.07 Å². The Kier molecular flexibility index (Phi) is 4.03. The quantitative estimate of drug-likeness (QED) is 0.833. The fourth-order valence-electron chi connectivity index (χ4n) is 1.51. The summed E-state index contributed by atoms with van der Waals surface area (Å²) in [5.74, 6) is -1.54. The number of halogens is 4. The van der Waals surface area contributed by atoms with Crippen LogP contribution in [0.3, 0.4) is 0 Å². The molecule has 0 radical (unpaired) electrons. The van der Waals surface area contributed by atoms with Crippen LogP contribution in [-0.4, -0.2) is 0 Å². The Morgan fingerprint density at radius 2 is 1.79 bits per heavy atom.